The van der Waals surface area contributed by atoms with Gasteiger partial charge in [0.05, 0.1) is 10.7 Å². The number of anilines is 1. The van der Waals surface area contributed by atoms with Gasteiger partial charge in [-0.2, -0.15) is 5.10 Å². The van der Waals surface area contributed by atoms with Crippen LogP contribution in [-0.2, 0) is 24.3 Å². The Balaban J connectivity index is 1.57. The van der Waals surface area contributed by atoms with E-state index in [9.17, 15) is 9.59 Å². The van der Waals surface area contributed by atoms with Crippen LogP contribution in [-0.4, -0.2) is 26.6 Å². The van der Waals surface area contributed by atoms with E-state index in [2.05, 4.69) is 20.7 Å². The molecule has 1 aromatic carbocycles. The van der Waals surface area contributed by atoms with Gasteiger partial charge in [0.2, 0.25) is 5.91 Å². The summed E-state index contributed by atoms with van der Waals surface area (Å²) in [6.45, 7) is 4.39. The van der Waals surface area contributed by atoms with Gasteiger partial charge in [-0.1, -0.05) is 19.1 Å². The zero-order valence-corrected chi connectivity index (χ0v) is 16.0. The standard InChI is InChI=1S/C19H21N5O2S/c1-3-17-22-13(2)18(27-17)19(26)20-11-14-6-4-7-15(10-14)23-16(25)12-24-9-5-8-21-24/h4-10H,3,11-12H2,1-2H3,(H,20,26)(H,23,25). The van der Waals surface area contributed by atoms with Gasteiger partial charge in [0, 0.05) is 24.6 Å². The molecular weight excluding hydrogens is 362 g/mol. The van der Waals surface area contributed by atoms with Crippen molar-refractivity contribution in [3.8, 4) is 0 Å². The number of benzene rings is 1. The van der Waals surface area contributed by atoms with Gasteiger partial charge >= 0.3 is 0 Å². The van der Waals surface area contributed by atoms with E-state index in [1.54, 1.807) is 23.1 Å². The van der Waals surface area contributed by atoms with Crippen LogP contribution >= 0.6 is 11.3 Å². The fraction of sp³-hybridized carbons (Fsp3) is 0.263. The number of hydrogen-bond donors (Lipinski definition) is 2. The maximum absolute atomic E-state index is 12.4. The first-order valence-corrected chi connectivity index (χ1v) is 9.47. The molecule has 0 aliphatic rings. The van der Waals surface area contributed by atoms with Crippen LogP contribution in [0.2, 0.25) is 0 Å². The minimum atomic E-state index is -0.160. The number of amides is 2. The van der Waals surface area contributed by atoms with Crippen molar-refractivity contribution in [2.24, 2.45) is 0 Å². The topological polar surface area (TPSA) is 88.9 Å². The van der Waals surface area contributed by atoms with Crippen molar-refractivity contribution in [1.82, 2.24) is 20.1 Å². The average Bonchev–Trinajstić information content (AvgIpc) is 3.29. The first-order chi connectivity index (χ1) is 13.0. The number of thiazole rings is 1. The second-order valence-electron chi connectivity index (χ2n) is 6.01. The lowest BCUT2D eigenvalue weighted by Gasteiger charge is -2.09. The van der Waals surface area contributed by atoms with Crippen molar-refractivity contribution < 1.29 is 9.59 Å². The number of carbonyl (C=O) groups excluding carboxylic acids is 2. The first-order valence-electron chi connectivity index (χ1n) is 8.66. The van der Waals surface area contributed by atoms with Crippen LogP contribution in [0.5, 0.6) is 0 Å². The lowest BCUT2D eigenvalue weighted by molar-refractivity contribution is -0.116. The van der Waals surface area contributed by atoms with Crippen LogP contribution < -0.4 is 10.6 Å². The average molecular weight is 383 g/mol. The Bertz CT molecular complexity index is 933. The SMILES string of the molecule is CCc1nc(C)c(C(=O)NCc2cccc(NC(=O)Cn3cccn3)c2)s1. The molecule has 0 aliphatic carbocycles. The van der Waals surface area contributed by atoms with Crippen LogP contribution in [0.25, 0.3) is 0 Å². The third kappa shape index (κ3) is 5.01. The summed E-state index contributed by atoms with van der Waals surface area (Å²) in [7, 11) is 0. The van der Waals surface area contributed by atoms with Gasteiger partial charge in [0.25, 0.3) is 5.91 Å². The fourth-order valence-electron chi connectivity index (χ4n) is 2.58. The molecule has 27 heavy (non-hydrogen) atoms. The van der Waals surface area contributed by atoms with Gasteiger partial charge in [-0.3, -0.25) is 14.3 Å². The normalized spacial score (nSPS) is 10.6. The largest absolute Gasteiger partial charge is 0.347 e. The van der Waals surface area contributed by atoms with Gasteiger partial charge in [-0.25, -0.2) is 4.98 Å². The van der Waals surface area contributed by atoms with Gasteiger partial charge in [-0.15, -0.1) is 11.3 Å². The molecule has 0 fully saturated rings. The zero-order valence-electron chi connectivity index (χ0n) is 15.2. The van der Waals surface area contributed by atoms with Crippen molar-refractivity contribution in [2.75, 3.05) is 5.32 Å². The Morgan fingerprint density at radius 3 is 2.81 bits per heavy atom. The number of nitrogens with one attached hydrogen (secondary N) is 2. The van der Waals surface area contributed by atoms with Crippen LogP contribution in [0.1, 0.15) is 32.9 Å². The Kier molecular flexibility index (Phi) is 5.97. The molecule has 0 saturated carbocycles. The van der Waals surface area contributed by atoms with Crippen molar-refractivity contribution in [3.05, 3.63) is 63.9 Å². The predicted molar refractivity (Wildman–Crippen MR) is 105 cm³/mol. The summed E-state index contributed by atoms with van der Waals surface area (Å²) in [5.41, 5.74) is 2.34. The molecule has 0 radical (unpaired) electrons. The highest BCUT2D eigenvalue weighted by Crippen LogP contribution is 2.18. The van der Waals surface area contributed by atoms with Crippen LogP contribution in [0.15, 0.2) is 42.7 Å². The van der Waals surface area contributed by atoms with Gasteiger partial charge in [0.1, 0.15) is 11.4 Å². The monoisotopic (exact) mass is 383 g/mol. The molecule has 0 saturated heterocycles. The molecule has 0 unspecified atom stereocenters. The molecule has 0 bridgehead atoms. The van der Waals surface area contributed by atoms with Crippen molar-refractivity contribution in [3.63, 3.8) is 0 Å². The van der Waals surface area contributed by atoms with Gasteiger partial charge in [0.15, 0.2) is 0 Å². The first kappa shape index (κ1) is 18.8. The third-order valence-electron chi connectivity index (χ3n) is 3.88. The minimum Gasteiger partial charge on any atom is -0.347 e. The predicted octanol–water partition coefficient (Wildman–Crippen LogP) is 2.78. The maximum Gasteiger partial charge on any atom is 0.263 e. The zero-order chi connectivity index (χ0) is 19.2. The Hall–Kier alpha value is -3.00. The van der Waals surface area contributed by atoms with Gasteiger partial charge in [-0.05, 0) is 37.1 Å². The minimum absolute atomic E-state index is 0.127. The number of rotatable bonds is 7. The van der Waals surface area contributed by atoms with Crippen molar-refractivity contribution in [1.29, 1.82) is 0 Å². The highest BCUT2D eigenvalue weighted by atomic mass is 32.1. The Labute approximate surface area is 161 Å². The molecule has 2 N–H and O–H groups in total. The second kappa shape index (κ2) is 8.59. The fourth-order valence-corrected chi connectivity index (χ4v) is 3.50. The quantitative estimate of drug-likeness (QED) is 0.657. The molecule has 3 rings (SSSR count). The molecule has 0 aliphatic heterocycles. The maximum atomic E-state index is 12.4. The van der Waals surface area contributed by atoms with Crippen LogP contribution in [0, 0.1) is 6.92 Å². The molecule has 8 heteroatoms. The van der Waals surface area contributed by atoms with E-state index in [1.807, 2.05) is 38.1 Å². The van der Waals surface area contributed by atoms with Gasteiger partial charge < -0.3 is 10.6 Å². The smallest absolute Gasteiger partial charge is 0.263 e. The molecule has 0 atom stereocenters. The molecule has 2 amide bonds. The van der Waals surface area contributed by atoms with Crippen molar-refractivity contribution in [2.45, 2.75) is 33.4 Å². The lowest BCUT2D eigenvalue weighted by Crippen LogP contribution is -2.23. The van der Waals surface area contributed by atoms with E-state index in [0.717, 1.165) is 22.7 Å². The summed E-state index contributed by atoms with van der Waals surface area (Å²) in [6.07, 6.45) is 4.18. The number of hydrogen-bond acceptors (Lipinski definition) is 5. The van der Waals surface area contributed by atoms with Crippen LogP contribution in [0.4, 0.5) is 5.69 Å². The van der Waals surface area contributed by atoms with E-state index in [0.29, 0.717) is 17.1 Å². The molecule has 2 aromatic heterocycles. The Morgan fingerprint density at radius 2 is 2.11 bits per heavy atom. The third-order valence-corrected chi connectivity index (χ3v) is 5.18. The summed E-state index contributed by atoms with van der Waals surface area (Å²) >= 11 is 1.43. The molecule has 7 nitrogen and oxygen atoms in total. The summed E-state index contributed by atoms with van der Waals surface area (Å²) in [4.78, 5) is 29.5. The highest BCUT2D eigenvalue weighted by Gasteiger charge is 2.14. The highest BCUT2D eigenvalue weighted by molar-refractivity contribution is 7.13. The van der Waals surface area contributed by atoms with Crippen molar-refractivity contribution >= 4 is 28.8 Å². The molecule has 2 heterocycles. The molecule has 0 spiro atoms. The van der Waals surface area contributed by atoms with E-state index < -0.39 is 0 Å². The summed E-state index contributed by atoms with van der Waals surface area (Å²) < 4.78 is 1.56. The van der Waals surface area contributed by atoms with Crippen LogP contribution in [0.3, 0.4) is 0 Å². The summed E-state index contributed by atoms with van der Waals surface area (Å²) in [5.74, 6) is -0.287. The second-order valence-corrected chi connectivity index (χ2v) is 7.09. The lowest BCUT2D eigenvalue weighted by atomic mass is 10.2. The number of aromatic nitrogens is 3. The number of nitrogens with zero attached hydrogens (tertiary/aromatic N) is 3. The number of aryl methyl sites for hydroxylation is 2. The summed E-state index contributed by atoms with van der Waals surface area (Å²) in [5, 5.41) is 10.7. The van der Waals surface area contributed by atoms with E-state index in [-0.39, 0.29) is 18.4 Å². The molecular formula is C19H21N5O2S. The van der Waals surface area contributed by atoms with E-state index in [1.165, 1.54) is 11.3 Å². The molecule has 140 valence electrons. The Morgan fingerprint density at radius 1 is 1.26 bits per heavy atom. The molecule has 3 aromatic rings. The van der Waals surface area contributed by atoms with E-state index >= 15 is 0 Å². The summed E-state index contributed by atoms with van der Waals surface area (Å²) in [6, 6.07) is 9.18. The number of carbonyl (C=O) groups is 2. The van der Waals surface area contributed by atoms with E-state index in [4.69, 9.17) is 0 Å².